The number of hydrogen-bond donors (Lipinski definition) is 0. The van der Waals surface area contributed by atoms with Crippen molar-refractivity contribution in [2.75, 3.05) is 46.1 Å². The molecule has 0 spiro atoms. The number of Topliss-reactive ketones (excluding diaryl/α,β-unsaturated/α-hetero) is 1. The molecule has 0 N–H and O–H groups in total. The molecule has 0 aromatic heterocycles. The molecule has 1 saturated heterocycles. The molecule has 44 heavy (non-hydrogen) atoms. The summed E-state index contributed by atoms with van der Waals surface area (Å²) < 4.78 is 33.2. The van der Waals surface area contributed by atoms with Crippen LogP contribution in [0.15, 0.2) is 0 Å². The van der Waals surface area contributed by atoms with Gasteiger partial charge in [-0.15, -0.1) is 0 Å². The van der Waals surface area contributed by atoms with Gasteiger partial charge in [-0.1, -0.05) is 103 Å². The summed E-state index contributed by atoms with van der Waals surface area (Å²) in [4.78, 5) is 37.9. The van der Waals surface area contributed by atoms with Gasteiger partial charge in [-0.25, -0.2) is 0 Å². The molecule has 1 aliphatic rings. The molecule has 1 heterocycles. The minimum atomic E-state index is -4.54. The van der Waals surface area contributed by atoms with Gasteiger partial charge in [0, 0.05) is 6.61 Å². The fraction of sp³-hybridized carbons (Fsp3) is 0.941. The number of nitrogens with zero attached hydrogens (tertiary/aromatic N) is 1. The van der Waals surface area contributed by atoms with Gasteiger partial charge < -0.3 is 28.3 Å². The number of phosphoric acid groups is 1. The van der Waals surface area contributed by atoms with Gasteiger partial charge in [0.2, 0.25) is 0 Å². The van der Waals surface area contributed by atoms with E-state index in [4.69, 9.17) is 18.5 Å². The molecule has 0 bridgehead atoms. The summed E-state index contributed by atoms with van der Waals surface area (Å²) in [6.45, 7) is 7.05. The zero-order chi connectivity index (χ0) is 32.1. The molecule has 2 unspecified atom stereocenters. The summed E-state index contributed by atoms with van der Waals surface area (Å²) >= 11 is 0. The maximum Gasteiger partial charge on any atom is 0.313 e. The van der Waals surface area contributed by atoms with E-state index in [0.717, 1.165) is 51.7 Å². The van der Waals surface area contributed by atoms with E-state index in [2.05, 4.69) is 11.8 Å². The third-order valence-electron chi connectivity index (χ3n) is 8.12. The Morgan fingerprint density at radius 2 is 1.20 bits per heavy atom. The van der Waals surface area contributed by atoms with E-state index in [0.29, 0.717) is 13.0 Å². The Hall–Kier alpha value is -0.830. The maximum absolute atomic E-state index is 12.2. The molecule has 0 aromatic carbocycles. The Bertz CT molecular complexity index is 747. The lowest BCUT2D eigenvalue weighted by atomic mass is 10.0. The van der Waals surface area contributed by atoms with Crippen LogP contribution >= 0.6 is 7.82 Å². The highest BCUT2D eigenvalue weighted by atomic mass is 31.2. The van der Waals surface area contributed by atoms with Crippen molar-refractivity contribution in [3.63, 3.8) is 0 Å². The van der Waals surface area contributed by atoms with Gasteiger partial charge in [0.25, 0.3) is 7.82 Å². The van der Waals surface area contributed by atoms with E-state index in [1.54, 1.807) is 0 Å². The molecular formula is C34H65NO8P-. The smallest absolute Gasteiger partial charge is 0.313 e. The Labute approximate surface area is 269 Å². The summed E-state index contributed by atoms with van der Waals surface area (Å²) in [6, 6.07) is 0. The van der Waals surface area contributed by atoms with Gasteiger partial charge in [-0.2, -0.15) is 0 Å². The minimum Gasteiger partial charge on any atom is -0.756 e. The number of carbonyl (C=O) groups excluding carboxylic acids is 2. The Morgan fingerprint density at radius 3 is 1.75 bits per heavy atom. The third-order valence-corrected chi connectivity index (χ3v) is 9.09. The molecule has 1 rings (SSSR count). The van der Waals surface area contributed by atoms with Crippen molar-refractivity contribution in [1.82, 2.24) is 4.90 Å². The standard InChI is InChI=1S/C34H66NO8P/c1-3-4-5-6-7-8-9-10-11-12-13-14-15-16-17-22-27-40-30-33(43-34(37)29-32(2)36)31-42-44(38,39)41-28-23-18-19-24-35-25-20-21-26-35/h33H,3-31H2,1-2H3,(H,38,39)/p-1. The van der Waals surface area contributed by atoms with Crippen LogP contribution in [0.1, 0.15) is 155 Å². The second-order valence-electron chi connectivity index (χ2n) is 12.6. The van der Waals surface area contributed by atoms with E-state index in [-0.39, 0.29) is 25.4 Å². The van der Waals surface area contributed by atoms with Crippen LogP contribution in [0.25, 0.3) is 0 Å². The summed E-state index contributed by atoms with van der Waals surface area (Å²) in [6.07, 6.45) is 24.4. The Balaban J connectivity index is 2.10. The van der Waals surface area contributed by atoms with E-state index >= 15 is 0 Å². The van der Waals surface area contributed by atoms with Crippen LogP contribution in [0.2, 0.25) is 0 Å². The fourth-order valence-corrected chi connectivity index (χ4v) is 6.30. The summed E-state index contributed by atoms with van der Waals surface area (Å²) in [5, 5.41) is 0. The number of carbonyl (C=O) groups is 2. The number of phosphoric ester groups is 1. The highest BCUT2D eigenvalue weighted by molar-refractivity contribution is 7.45. The largest absolute Gasteiger partial charge is 0.756 e. The fourth-order valence-electron chi connectivity index (χ4n) is 5.52. The number of ketones is 1. The van der Waals surface area contributed by atoms with Crippen molar-refractivity contribution < 1.29 is 37.6 Å². The number of hydrogen-bond acceptors (Lipinski definition) is 9. The van der Waals surface area contributed by atoms with Gasteiger partial charge in [-0.05, 0) is 65.1 Å². The Morgan fingerprint density at radius 1 is 0.705 bits per heavy atom. The van der Waals surface area contributed by atoms with Crippen molar-refractivity contribution in [3.8, 4) is 0 Å². The molecule has 0 aliphatic carbocycles. The van der Waals surface area contributed by atoms with Crippen molar-refractivity contribution >= 4 is 19.6 Å². The quantitative estimate of drug-likeness (QED) is 0.0311. The zero-order valence-electron chi connectivity index (χ0n) is 28.2. The number of unbranched alkanes of at least 4 members (excludes halogenated alkanes) is 17. The highest BCUT2D eigenvalue weighted by Gasteiger charge is 2.20. The van der Waals surface area contributed by atoms with Gasteiger partial charge in [0.1, 0.15) is 18.3 Å². The van der Waals surface area contributed by atoms with Crippen molar-refractivity contribution in [1.29, 1.82) is 0 Å². The van der Waals surface area contributed by atoms with E-state index in [1.807, 2.05) is 0 Å². The first-order valence-corrected chi connectivity index (χ1v) is 19.4. The van der Waals surface area contributed by atoms with Gasteiger partial charge in [-0.3, -0.25) is 14.2 Å². The average Bonchev–Trinajstić information content (AvgIpc) is 3.50. The number of rotatable bonds is 32. The summed E-state index contributed by atoms with van der Waals surface area (Å²) in [5.41, 5.74) is 0. The van der Waals surface area contributed by atoms with Crippen LogP contribution in [0.5, 0.6) is 0 Å². The molecule has 1 fully saturated rings. The molecule has 10 heteroatoms. The van der Waals surface area contributed by atoms with Crippen LogP contribution in [0, 0.1) is 0 Å². The normalized spacial score (nSPS) is 15.8. The predicted molar refractivity (Wildman–Crippen MR) is 175 cm³/mol. The zero-order valence-corrected chi connectivity index (χ0v) is 29.1. The first-order chi connectivity index (χ1) is 21.3. The van der Waals surface area contributed by atoms with Gasteiger partial charge >= 0.3 is 5.97 Å². The molecule has 2 atom stereocenters. The lowest BCUT2D eigenvalue weighted by molar-refractivity contribution is -0.228. The molecule has 0 saturated carbocycles. The number of likely N-dealkylation sites (tertiary alicyclic amines) is 1. The molecule has 1 aliphatic heterocycles. The van der Waals surface area contributed by atoms with Crippen LogP contribution in [-0.2, 0) is 32.7 Å². The molecular weight excluding hydrogens is 581 g/mol. The first-order valence-electron chi connectivity index (χ1n) is 17.9. The molecule has 260 valence electrons. The predicted octanol–water partition coefficient (Wildman–Crippen LogP) is 7.92. The first kappa shape index (κ1) is 41.2. The van der Waals surface area contributed by atoms with E-state index in [1.165, 1.54) is 103 Å². The van der Waals surface area contributed by atoms with Crippen LogP contribution < -0.4 is 4.89 Å². The Kier molecular flexibility index (Phi) is 26.6. The highest BCUT2D eigenvalue weighted by Crippen LogP contribution is 2.38. The SMILES string of the molecule is CCCCCCCCCCCCCCCCCCOCC(COP(=O)([O-])OCCCCCN1CCCC1)OC(=O)CC(C)=O. The summed E-state index contributed by atoms with van der Waals surface area (Å²) in [7, 11) is -4.54. The lowest BCUT2D eigenvalue weighted by Crippen LogP contribution is -2.30. The molecule has 9 nitrogen and oxygen atoms in total. The molecule has 0 radical (unpaired) electrons. The van der Waals surface area contributed by atoms with Crippen molar-refractivity contribution in [3.05, 3.63) is 0 Å². The van der Waals surface area contributed by atoms with Crippen LogP contribution in [0.4, 0.5) is 0 Å². The topological polar surface area (TPSA) is 114 Å². The lowest BCUT2D eigenvalue weighted by Gasteiger charge is -2.25. The van der Waals surface area contributed by atoms with Crippen LogP contribution in [-0.4, -0.2) is 68.8 Å². The summed E-state index contributed by atoms with van der Waals surface area (Å²) in [5.74, 6) is -1.05. The number of esters is 1. The van der Waals surface area contributed by atoms with Gasteiger partial charge in [0.15, 0.2) is 0 Å². The van der Waals surface area contributed by atoms with Crippen LogP contribution in [0.3, 0.4) is 0 Å². The van der Waals surface area contributed by atoms with Gasteiger partial charge in [0.05, 0.1) is 19.8 Å². The average molecular weight is 647 g/mol. The van der Waals surface area contributed by atoms with E-state index < -0.39 is 26.5 Å². The maximum atomic E-state index is 12.2. The number of ether oxygens (including phenoxy) is 2. The minimum absolute atomic E-state index is 0.00111. The molecule has 0 amide bonds. The third kappa shape index (κ3) is 26.4. The molecule has 0 aromatic rings. The second-order valence-corrected chi connectivity index (χ2v) is 14.0. The second kappa shape index (κ2) is 28.4. The van der Waals surface area contributed by atoms with E-state index in [9.17, 15) is 19.0 Å². The van der Waals surface area contributed by atoms with Crippen molar-refractivity contribution in [2.45, 2.75) is 161 Å². The monoisotopic (exact) mass is 646 g/mol. The van der Waals surface area contributed by atoms with Crippen molar-refractivity contribution in [2.24, 2.45) is 0 Å².